The van der Waals surface area contributed by atoms with Crippen LogP contribution in [0.2, 0.25) is 0 Å². The third-order valence-corrected chi connectivity index (χ3v) is 2.65. The van der Waals surface area contributed by atoms with Crippen molar-refractivity contribution in [3.8, 4) is 0 Å². The molecule has 0 aromatic rings. The van der Waals surface area contributed by atoms with Crippen LogP contribution in [0.25, 0.3) is 0 Å². The number of methoxy groups -OCH3 is 1. The first-order chi connectivity index (χ1) is 6.89. The van der Waals surface area contributed by atoms with Gasteiger partial charge in [0.2, 0.25) is 0 Å². The van der Waals surface area contributed by atoms with E-state index in [-0.39, 0.29) is 0 Å². The average molecular weight is 242 g/mol. The van der Waals surface area contributed by atoms with Gasteiger partial charge in [-0.15, -0.1) is 0 Å². The zero-order valence-corrected chi connectivity index (χ0v) is 9.33. The number of hydrogen-bond acceptors (Lipinski definition) is 6. The Labute approximate surface area is 87.1 Å². The van der Waals surface area contributed by atoms with E-state index >= 15 is 0 Å². The summed E-state index contributed by atoms with van der Waals surface area (Å²) in [7, 11) is -2.43. The average Bonchev–Trinajstić information content (AvgIpc) is 2.42. The Bertz CT molecular complexity index is 250. The van der Waals surface area contributed by atoms with Gasteiger partial charge in [0, 0.05) is 13.8 Å². The molecule has 0 aliphatic carbocycles. The van der Waals surface area contributed by atoms with Crippen molar-refractivity contribution >= 4 is 7.60 Å². The molecule has 0 aromatic heterocycles. The quantitative estimate of drug-likeness (QED) is 0.538. The summed E-state index contributed by atoms with van der Waals surface area (Å²) in [6, 6.07) is 0. The Morgan fingerprint density at radius 3 is 2.53 bits per heavy atom. The Morgan fingerprint density at radius 2 is 2.13 bits per heavy atom. The number of hydrogen-bond donors (Lipinski definition) is 3. The van der Waals surface area contributed by atoms with Gasteiger partial charge in [-0.3, -0.25) is 9.09 Å². The predicted molar refractivity (Wildman–Crippen MR) is 49.4 cm³/mol. The van der Waals surface area contributed by atoms with E-state index in [1.54, 1.807) is 0 Å². The molecule has 1 saturated heterocycles. The molecule has 0 radical (unpaired) electrons. The maximum atomic E-state index is 11.0. The van der Waals surface area contributed by atoms with Gasteiger partial charge in [0.15, 0.2) is 6.29 Å². The predicted octanol–water partition coefficient (Wildman–Crippen LogP) is -1.09. The molecule has 15 heavy (non-hydrogen) atoms. The van der Waals surface area contributed by atoms with Gasteiger partial charge >= 0.3 is 7.60 Å². The Morgan fingerprint density at radius 1 is 1.53 bits per heavy atom. The third kappa shape index (κ3) is 3.22. The van der Waals surface area contributed by atoms with Crippen LogP contribution in [0.5, 0.6) is 0 Å². The topological polar surface area (TPSA) is 105 Å². The van der Waals surface area contributed by atoms with Crippen molar-refractivity contribution in [2.75, 3.05) is 20.4 Å². The summed E-state index contributed by atoms with van der Waals surface area (Å²) in [6.07, 6.45) is -4.10. The third-order valence-electron chi connectivity index (χ3n) is 2.02. The molecule has 3 N–H and O–H groups in total. The van der Waals surface area contributed by atoms with E-state index in [0.29, 0.717) is 0 Å². The lowest BCUT2D eigenvalue weighted by atomic mass is 10.1. The zero-order valence-electron chi connectivity index (χ0n) is 8.44. The highest BCUT2D eigenvalue weighted by atomic mass is 31.2. The van der Waals surface area contributed by atoms with Crippen LogP contribution < -0.4 is 0 Å². The van der Waals surface area contributed by atoms with E-state index in [1.165, 1.54) is 7.11 Å². The molecular formula is C7H15O7P. The molecular weight excluding hydrogens is 227 g/mol. The molecule has 0 amide bonds. The van der Waals surface area contributed by atoms with Crippen LogP contribution in [0.4, 0.5) is 0 Å². The van der Waals surface area contributed by atoms with Crippen LogP contribution in [0, 0.1) is 0 Å². The van der Waals surface area contributed by atoms with Gasteiger partial charge in [-0.05, 0) is 0 Å². The van der Waals surface area contributed by atoms with E-state index in [2.05, 4.69) is 0 Å². The summed E-state index contributed by atoms with van der Waals surface area (Å²) in [5.74, 6) is 0. The van der Waals surface area contributed by atoms with Crippen molar-refractivity contribution in [1.29, 1.82) is 0 Å². The number of aliphatic hydroxyl groups excluding tert-OH is 2. The molecule has 1 heterocycles. The molecule has 1 unspecified atom stereocenters. The molecule has 5 atom stereocenters. The Balaban J connectivity index is 2.72. The fourth-order valence-electron chi connectivity index (χ4n) is 1.40. The molecule has 7 nitrogen and oxygen atoms in total. The second-order valence-electron chi connectivity index (χ2n) is 3.32. The van der Waals surface area contributed by atoms with Gasteiger partial charge in [0.05, 0.1) is 6.61 Å². The molecule has 1 fully saturated rings. The van der Waals surface area contributed by atoms with Gasteiger partial charge in [-0.25, -0.2) is 0 Å². The van der Waals surface area contributed by atoms with Crippen molar-refractivity contribution < 1.29 is 33.7 Å². The van der Waals surface area contributed by atoms with E-state index in [1.807, 2.05) is 0 Å². The van der Waals surface area contributed by atoms with Gasteiger partial charge in [-0.1, -0.05) is 0 Å². The maximum absolute atomic E-state index is 11.0. The molecule has 0 bridgehead atoms. The second-order valence-corrected chi connectivity index (χ2v) is 5.14. The van der Waals surface area contributed by atoms with Crippen molar-refractivity contribution in [2.24, 2.45) is 0 Å². The highest BCUT2D eigenvalue weighted by Crippen LogP contribution is 2.42. The van der Waals surface area contributed by atoms with Gasteiger partial charge in [0.25, 0.3) is 0 Å². The smallest absolute Gasteiger partial charge is 0.325 e. The number of aliphatic hydroxyl groups is 2. The SMILES string of the molecule is CO[C@@H]1O[C@@H](CO)[C@H](OP(C)(=O)O)[C@@H]1O. The first kappa shape index (κ1) is 13.1. The summed E-state index contributed by atoms with van der Waals surface area (Å²) in [5.41, 5.74) is 0. The van der Waals surface area contributed by atoms with Crippen LogP contribution in [-0.2, 0) is 18.6 Å². The Kier molecular flexibility index (Phi) is 4.25. The van der Waals surface area contributed by atoms with E-state index in [9.17, 15) is 9.67 Å². The monoisotopic (exact) mass is 242 g/mol. The van der Waals surface area contributed by atoms with E-state index in [0.717, 1.165) is 6.66 Å². The van der Waals surface area contributed by atoms with Crippen LogP contribution in [0.15, 0.2) is 0 Å². The standard InChI is InChI=1S/C7H15O7P/c1-12-7-5(9)6(4(3-8)13-7)14-15(2,10)11/h4-9H,3H2,1-2H3,(H,10,11)/t4-,5-,6-,7+/m0/s1. The van der Waals surface area contributed by atoms with Gasteiger partial charge in [-0.2, -0.15) is 0 Å². The van der Waals surface area contributed by atoms with Crippen molar-refractivity contribution in [2.45, 2.75) is 24.6 Å². The molecule has 1 aliphatic heterocycles. The van der Waals surface area contributed by atoms with Gasteiger partial charge < -0.3 is 24.6 Å². The maximum Gasteiger partial charge on any atom is 0.325 e. The minimum atomic E-state index is -3.75. The lowest BCUT2D eigenvalue weighted by molar-refractivity contribution is -0.153. The number of rotatable bonds is 4. The summed E-state index contributed by atoms with van der Waals surface area (Å²) in [6.45, 7) is 0.565. The summed E-state index contributed by atoms with van der Waals surface area (Å²) in [5, 5.41) is 18.5. The van der Waals surface area contributed by atoms with Crippen LogP contribution in [-0.4, -0.2) is 60.1 Å². The molecule has 0 saturated carbocycles. The highest BCUT2D eigenvalue weighted by Gasteiger charge is 2.46. The summed E-state index contributed by atoms with van der Waals surface area (Å²) in [4.78, 5) is 9.01. The van der Waals surface area contributed by atoms with Crippen LogP contribution in [0.1, 0.15) is 0 Å². The van der Waals surface area contributed by atoms with Crippen molar-refractivity contribution in [3.05, 3.63) is 0 Å². The fourth-order valence-corrected chi connectivity index (χ4v) is 2.12. The molecule has 0 aromatic carbocycles. The highest BCUT2D eigenvalue weighted by molar-refractivity contribution is 7.51. The minimum Gasteiger partial charge on any atom is -0.394 e. The van der Waals surface area contributed by atoms with Crippen LogP contribution >= 0.6 is 7.60 Å². The normalized spacial score (nSPS) is 40.3. The fraction of sp³-hybridized carbons (Fsp3) is 1.00. The first-order valence-electron chi connectivity index (χ1n) is 4.35. The molecule has 1 rings (SSSR count). The van der Waals surface area contributed by atoms with E-state index < -0.39 is 38.8 Å². The lowest BCUT2D eigenvalue weighted by Gasteiger charge is -2.20. The van der Waals surface area contributed by atoms with Crippen molar-refractivity contribution in [1.82, 2.24) is 0 Å². The zero-order chi connectivity index (χ0) is 11.6. The molecule has 90 valence electrons. The molecule has 8 heteroatoms. The molecule has 0 spiro atoms. The second kappa shape index (κ2) is 4.88. The lowest BCUT2D eigenvalue weighted by Crippen LogP contribution is -2.36. The minimum absolute atomic E-state index is 0.429. The van der Waals surface area contributed by atoms with E-state index in [4.69, 9.17) is 24.0 Å². The first-order valence-corrected chi connectivity index (χ1v) is 6.37. The van der Waals surface area contributed by atoms with Crippen LogP contribution in [0.3, 0.4) is 0 Å². The Hall–Kier alpha value is -0.0100. The number of ether oxygens (including phenoxy) is 2. The summed E-state index contributed by atoms with van der Waals surface area (Å²) < 4.78 is 25.6. The molecule has 1 aliphatic rings. The van der Waals surface area contributed by atoms with Gasteiger partial charge in [0.1, 0.15) is 18.3 Å². The van der Waals surface area contributed by atoms with Crippen molar-refractivity contribution in [3.63, 3.8) is 0 Å². The summed E-state index contributed by atoms with van der Waals surface area (Å²) >= 11 is 0. The largest absolute Gasteiger partial charge is 0.394 e.